The lowest BCUT2D eigenvalue weighted by Crippen LogP contribution is -2.53. The summed E-state index contributed by atoms with van der Waals surface area (Å²) in [5.41, 5.74) is 0. The maximum Gasteiger partial charge on any atom is 0.237 e. The van der Waals surface area contributed by atoms with E-state index >= 15 is 0 Å². The van der Waals surface area contributed by atoms with Gasteiger partial charge in [0, 0.05) is 44.2 Å². The zero-order valence-corrected chi connectivity index (χ0v) is 20.2. The number of amides is 2. The van der Waals surface area contributed by atoms with Crippen molar-refractivity contribution >= 4 is 11.8 Å². The minimum absolute atomic E-state index is 0.00673. The molecule has 5 rings (SSSR count). The first-order valence-electron chi connectivity index (χ1n) is 13.6. The second-order valence-corrected chi connectivity index (χ2v) is 11.7. The molecule has 0 bridgehead atoms. The van der Waals surface area contributed by atoms with E-state index in [-0.39, 0.29) is 17.9 Å². The summed E-state index contributed by atoms with van der Waals surface area (Å²) in [5, 5.41) is 10.6. The molecule has 180 valence electrons. The highest BCUT2D eigenvalue weighted by Crippen LogP contribution is 2.44. The van der Waals surface area contributed by atoms with Crippen molar-refractivity contribution in [1.82, 2.24) is 20.9 Å². The van der Waals surface area contributed by atoms with Gasteiger partial charge in [-0.1, -0.05) is 20.3 Å². The number of hydrogen-bond acceptors (Lipinski definition) is 4. The highest BCUT2D eigenvalue weighted by molar-refractivity contribution is 5.82. The van der Waals surface area contributed by atoms with Gasteiger partial charge in [0.05, 0.1) is 6.04 Å². The molecule has 8 unspecified atom stereocenters. The predicted molar refractivity (Wildman–Crippen MR) is 126 cm³/mol. The lowest BCUT2D eigenvalue weighted by atomic mass is 9.70. The summed E-state index contributed by atoms with van der Waals surface area (Å²) in [6.45, 7) is 8.21. The van der Waals surface area contributed by atoms with Gasteiger partial charge < -0.3 is 20.9 Å². The average Bonchev–Trinajstić information content (AvgIpc) is 3.55. The van der Waals surface area contributed by atoms with Gasteiger partial charge in [0.1, 0.15) is 0 Å². The quantitative estimate of drug-likeness (QED) is 0.609. The van der Waals surface area contributed by atoms with Crippen LogP contribution in [0.2, 0.25) is 0 Å². The molecule has 6 nitrogen and oxygen atoms in total. The molecular weight excluding hydrogens is 400 g/mol. The van der Waals surface area contributed by atoms with Crippen molar-refractivity contribution in [1.29, 1.82) is 0 Å². The van der Waals surface area contributed by atoms with Crippen LogP contribution in [0.4, 0.5) is 0 Å². The minimum Gasteiger partial charge on any atom is -0.351 e. The van der Waals surface area contributed by atoms with Gasteiger partial charge >= 0.3 is 0 Å². The van der Waals surface area contributed by atoms with Gasteiger partial charge in [0.15, 0.2) is 0 Å². The van der Waals surface area contributed by atoms with Crippen LogP contribution in [0.15, 0.2) is 0 Å². The molecule has 0 aromatic rings. The van der Waals surface area contributed by atoms with E-state index in [0.29, 0.717) is 47.6 Å². The summed E-state index contributed by atoms with van der Waals surface area (Å²) < 4.78 is 0. The molecule has 3 N–H and O–H groups in total. The fourth-order valence-electron chi connectivity index (χ4n) is 7.49. The van der Waals surface area contributed by atoms with Crippen molar-refractivity contribution in [3.05, 3.63) is 0 Å². The Morgan fingerprint density at radius 2 is 1.72 bits per heavy atom. The van der Waals surface area contributed by atoms with E-state index in [1.54, 1.807) is 0 Å². The van der Waals surface area contributed by atoms with Gasteiger partial charge in [-0.05, 0) is 81.0 Å². The molecule has 5 aliphatic rings. The second kappa shape index (κ2) is 9.61. The van der Waals surface area contributed by atoms with Gasteiger partial charge in [-0.2, -0.15) is 0 Å². The molecule has 8 atom stereocenters. The maximum absolute atomic E-state index is 13.3. The Morgan fingerprint density at radius 3 is 2.41 bits per heavy atom. The topological polar surface area (TPSA) is 73.5 Å². The minimum atomic E-state index is -0.00673. The van der Waals surface area contributed by atoms with Gasteiger partial charge in [-0.3, -0.25) is 9.59 Å². The van der Waals surface area contributed by atoms with Crippen molar-refractivity contribution in [3.63, 3.8) is 0 Å². The lowest BCUT2D eigenvalue weighted by Gasteiger charge is -2.41. The summed E-state index contributed by atoms with van der Waals surface area (Å²) >= 11 is 0. The van der Waals surface area contributed by atoms with Gasteiger partial charge in [0.25, 0.3) is 0 Å². The summed E-state index contributed by atoms with van der Waals surface area (Å²) in [7, 11) is 0. The number of hydrogen-bond donors (Lipinski definition) is 3. The van der Waals surface area contributed by atoms with Gasteiger partial charge in [-0.25, -0.2) is 0 Å². The van der Waals surface area contributed by atoms with E-state index < -0.39 is 0 Å². The number of carbonyl (C=O) groups excluding carboxylic acids is 2. The molecule has 0 radical (unpaired) electrons. The molecule has 3 saturated carbocycles. The van der Waals surface area contributed by atoms with Gasteiger partial charge in [0.2, 0.25) is 11.8 Å². The Labute approximate surface area is 194 Å². The van der Waals surface area contributed by atoms with Crippen molar-refractivity contribution in [2.45, 2.75) is 89.8 Å². The normalized spacial score (nSPS) is 41.1. The highest BCUT2D eigenvalue weighted by atomic mass is 16.2. The van der Waals surface area contributed by atoms with Crippen LogP contribution in [0.3, 0.4) is 0 Å². The summed E-state index contributed by atoms with van der Waals surface area (Å²) in [6.07, 6.45) is 10.4. The number of nitrogens with one attached hydrogen (secondary N) is 3. The Hall–Kier alpha value is -1.14. The predicted octanol–water partition coefficient (Wildman–Crippen LogP) is 2.53. The van der Waals surface area contributed by atoms with E-state index in [2.05, 4.69) is 34.7 Å². The Bertz CT molecular complexity index is 689. The van der Waals surface area contributed by atoms with Crippen LogP contribution in [0, 0.1) is 35.5 Å². The third kappa shape index (κ3) is 4.72. The molecule has 3 aliphatic carbocycles. The van der Waals surface area contributed by atoms with E-state index in [9.17, 15) is 9.59 Å². The second-order valence-electron chi connectivity index (χ2n) is 11.7. The number of fused-ring (bicyclic) bond motifs is 1. The van der Waals surface area contributed by atoms with E-state index in [0.717, 1.165) is 51.9 Å². The van der Waals surface area contributed by atoms with Crippen LogP contribution in [0.5, 0.6) is 0 Å². The molecule has 2 aliphatic heterocycles. The zero-order chi connectivity index (χ0) is 22.2. The number of nitrogens with zero attached hydrogens (tertiary/aromatic N) is 1. The van der Waals surface area contributed by atoms with Crippen LogP contribution in [0.25, 0.3) is 0 Å². The standard InChI is InChI=1S/C26H44N4O2/c1-16-4-3-5-19-15-22(28-23(16)19)25(31)29-24(18-6-7-18)21-9-8-20(14-17(21)2)26(32)30-12-10-27-11-13-30/h16-24,27-28H,3-15H2,1-2H3,(H,29,31). The van der Waals surface area contributed by atoms with Crippen molar-refractivity contribution in [3.8, 4) is 0 Å². The van der Waals surface area contributed by atoms with Gasteiger partial charge in [-0.15, -0.1) is 0 Å². The van der Waals surface area contributed by atoms with Crippen molar-refractivity contribution < 1.29 is 9.59 Å². The lowest BCUT2D eigenvalue weighted by molar-refractivity contribution is -0.138. The molecular formula is C26H44N4O2. The van der Waals surface area contributed by atoms with Crippen LogP contribution < -0.4 is 16.0 Å². The zero-order valence-electron chi connectivity index (χ0n) is 20.2. The molecule has 32 heavy (non-hydrogen) atoms. The molecule has 2 heterocycles. The largest absolute Gasteiger partial charge is 0.351 e. The Balaban J connectivity index is 1.18. The van der Waals surface area contributed by atoms with E-state index in [1.807, 2.05) is 0 Å². The van der Waals surface area contributed by atoms with Crippen LogP contribution in [-0.2, 0) is 9.59 Å². The van der Waals surface area contributed by atoms with Crippen molar-refractivity contribution in [2.75, 3.05) is 26.2 Å². The first-order valence-corrected chi connectivity index (χ1v) is 13.6. The van der Waals surface area contributed by atoms with E-state index in [1.165, 1.54) is 32.1 Å². The third-order valence-electron chi connectivity index (χ3n) is 9.52. The molecule has 6 heteroatoms. The van der Waals surface area contributed by atoms with E-state index in [4.69, 9.17) is 0 Å². The third-order valence-corrected chi connectivity index (χ3v) is 9.52. The Kier molecular flexibility index (Phi) is 6.80. The number of rotatable bonds is 5. The van der Waals surface area contributed by atoms with Crippen LogP contribution in [-0.4, -0.2) is 61.0 Å². The molecule has 5 fully saturated rings. The Morgan fingerprint density at radius 1 is 0.938 bits per heavy atom. The van der Waals surface area contributed by atoms with Crippen LogP contribution in [0.1, 0.15) is 71.6 Å². The number of piperazine rings is 1. The van der Waals surface area contributed by atoms with Crippen LogP contribution >= 0.6 is 0 Å². The molecule has 2 amide bonds. The maximum atomic E-state index is 13.3. The monoisotopic (exact) mass is 444 g/mol. The first kappa shape index (κ1) is 22.6. The average molecular weight is 445 g/mol. The SMILES string of the molecule is CC1CC(C(=O)N2CCNCC2)CCC1C(NC(=O)C1CC2CCCC(C)C2N1)C1CC1. The molecule has 2 saturated heterocycles. The fourth-order valence-corrected chi connectivity index (χ4v) is 7.49. The smallest absolute Gasteiger partial charge is 0.237 e. The number of carbonyl (C=O) groups is 2. The van der Waals surface area contributed by atoms with Crippen molar-refractivity contribution in [2.24, 2.45) is 35.5 Å². The summed E-state index contributed by atoms with van der Waals surface area (Å²) in [5.74, 6) is 3.82. The first-order chi connectivity index (χ1) is 15.5. The highest BCUT2D eigenvalue weighted by Gasteiger charge is 2.46. The summed E-state index contributed by atoms with van der Waals surface area (Å²) in [6, 6.07) is 0.826. The summed E-state index contributed by atoms with van der Waals surface area (Å²) in [4.78, 5) is 28.4. The molecule has 0 aromatic carbocycles. The molecule has 0 spiro atoms. The fraction of sp³-hybridized carbons (Fsp3) is 0.923. The molecule has 0 aromatic heterocycles.